The van der Waals surface area contributed by atoms with Gasteiger partial charge in [0.25, 0.3) is 0 Å². The molecule has 0 bridgehead atoms. The Morgan fingerprint density at radius 1 is 1.15 bits per heavy atom. The van der Waals surface area contributed by atoms with Crippen molar-refractivity contribution in [3.63, 3.8) is 0 Å². The van der Waals surface area contributed by atoms with Crippen LogP contribution in [-0.2, 0) is 11.3 Å². The molecular weight excluding hydrogens is 338 g/mol. The first-order chi connectivity index (χ1) is 13.0. The molecule has 27 heavy (non-hydrogen) atoms. The van der Waals surface area contributed by atoms with Crippen LogP contribution in [0.15, 0.2) is 24.3 Å². The number of amides is 3. The molecule has 5 nitrogen and oxygen atoms in total. The Morgan fingerprint density at radius 3 is 2.63 bits per heavy atom. The molecule has 1 aliphatic heterocycles. The molecule has 148 valence electrons. The van der Waals surface area contributed by atoms with Crippen LogP contribution in [0.1, 0.15) is 63.0 Å². The number of aryl methyl sites for hydroxylation is 1. The summed E-state index contributed by atoms with van der Waals surface area (Å²) in [7, 11) is 0. The zero-order valence-electron chi connectivity index (χ0n) is 16.7. The number of rotatable bonds is 4. The fourth-order valence-electron chi connectivity index (χ4n) is 4.31. The molecule has 0 spiro atoms. The molecule has 5 heteroatoms. The minimum absolute atomic E-state index is 0.000436. The number of benzene rings is 1. The van der Waals surface area contributed by atoms with Gasteiger partial charge in [0, 0.05) is 25.7 Å². The van der Waals surface area contributed by atoms with Crippen molar-refractivity contribution < 1.29 is 9.59 Å². The first kappa shape index (κ1) is 19.7. The Labute approximate surface area is 162 Å². The van der Waals surface area contributed by atoms with Crippen LogP contribution in [0.2, 0.25) is 0 Å². The number of hydrogen-bond donors (Lipinski definition) is 2. The Balaban J connectivity index is 1.55. The number of likely N-dealkylation sites (tertiary alicyclic amines) is 1. The van der Waals surface area contributed by atoms with Crippen molar-refractivity contribution in [2.45, 2.75) is 71.4 Å². The van der Waals surface area contributed by atoms with E-state index in [2.05, 4.69) is 23.6 Å². The highest BCUT2D eigenvalue weighted by molar-refractivity contribution is 5.84. The maximum Gasteiger partial charge on any atom is 0.317 e. The molecule has 0 radical (unpaired) electrons. The van der Waals surface area contributed by atoms with Crippen molar-refractivity contribution in [3.05, 3.63) is 35.4 Å². The van der Waals surface area contributed by atoms with Crippen LogP contribution in [0.25, 0.3) is 0 Å². The lowest BCUT2D eigenvalue weighted by Crippen LogP contribution is -2.55. The van der Waals surface area contributed by atoms with Gasteiger partial charge in [-0.15, -0.1) is 0 Å². The van der Waals surface area contributed by atoms with Crippen LogP contribution < -0.4 is 10.6 Å². The predicted octanol–water partition coefficient (Wildman–Crippen LogP) is 3.76. The van der Waals surface area contributed by atoms with Gasteiger partial charge in [-0.1, -0.05) is 43.5 Å². The van der Waals surface area contributed by atoms with E-state index in [1.807, 2.05) is 30.0 Å². The standard InChI is InChI=1S/C22H33N3O2/c1-17-9-6-7-10-18(17)15-23-20(26)22(2)13-8-14-25(16-22)21(27)24-19-11-4-3-5-12-19/h6-7,9-10,19H,3-5,8,11-16H2,1-2H3,(H,23,26)(H,24,27)/t22-/m1/s1. The van der Waals surface area contributed by atoms with Gasteiger partial charge in [0.2, 0.25) is 5.91 Å². The Kier molecular flexibility index (Phi) is 6.40. The summed E-state index contributed by atoms with van der Waals surface area (Å²) in [4.78, 5) is 27.4. The van der Waals surface area contributed by atoms with Crippen LogP contribution in [0.4, 0.5) is 4.79 Å². The SMILES string of the molecule is Cc1ccccc1CNC(=O)[C@]1(C)CCCN(C(=O)NC2CCCCC2)C1. The zero-order valence-corrected chi connectivity index (χ0v) is 16.7. The molecule has 1 heterocycles. The summed E-state index contributed by atoms with van der Waals surface area (Å²) in [5, 5.41) is 6.28. The predicted molar refractivity (Wildman–Crippen MR) is 107 cm³/mol. The molecule has 3 amide bonds. The second-order valence-electron chi connectivity index (χ2n) is 8.48. The van der Waals surface area contributed by atoms with E-state index in [4.69, 9.17) is 0 Å². The van der Waals surface area contributed by atoms with Gasteiger partial charge in [0.1, 0.15) is 0 Å². The summed E-state index contributed by atoms with van der Waals surface area (Å²) in [6.07, 6.45) is 7.51. The molecule has 2 aliphatic rings. The highest BCUT2D eigenvalue weighted by atomic mass is 16.2. The fourth-order valence-corrected chi connectivity index (χ4v) is 4.31. The molecule has 1 atom stereocenters. The first-order valence-electron chi connectivity index (χ1n) is 10.4. The maximum atomic E-state index is 12.9. The number of carbonyl (C=O) groups excluding carboxylic acids is 2. The molecule has 1 saturated heterocycles. The lowest BCUT2D eigenvalue weighted by Gasteiger charge is -2.40. The molecule has 0 unspecified atom stereocenters. The van der Waals surface area contributed by atoms with Crippen LogP contribution >= 0.6 is 0 Å². The molecule has 0 aromatic heterocycles. The second kappa shape index (κ2) is 8.77. The molecule has 1 aromatic carbocycles. The molecule has 1 saturated carbocycles. The van der Waals surface area contributed by atoms with Crippen molar-refractivity contribution in [2.24, 2.45) is 5.41 Å². The van der Waals surface area contributed by atoms with E-state index in [0.29, 0.717) is 19.1 Å². The second-order valence-corrected chi connectivity index (χ2v) is 8.48. The Morgan fingerprint density at radius 2 is 1.89 bits per heavy atom. The fraction of sp³-hybridized carbons (Fsp3) is 0.636. The minimum atomic E-state index is -0.523. The number of piperidine rings is 1. The summed E-state index contributed by atoms with van der Waals surface area (Å²) in [6, 6.07) is 8.40. The van der Waals surface area contributed by atoms with E-state index in [9.17, 15) is 9.59 Å². The number of nitrogens with zero attached hydrogens (tertiary/aromatic N) is 1. The van der Waals surface area contributed by atoms with Gasteiger partial charge in [0.05, 0.1) is 5.41 Å². The number of urea groups is 1. The normalized spacial score (nSPS) is 23.7. The third-order valence-electron chi connectivity index (χ3n) is 6.17. The summed E-state index contributed by atoms with van der Waals surface area (Å²) in [6.45, 7) is 5.81. The third kappa shape index (κ3) is 5.02. The Hall–Kier alpha value is -2.04. The summed E-state index contributed by atoms with van der Waals surface area (Å²) in [5.41, 5.74) is 1.79. The van der Waals surface area contributed by atoms with Gasteiger partial charge in [-0.25, -0.2) is 4.79 Å². The van der Waals surface area contributed by atoms with Gasteiger partial charge in [-0.2, -0.15) is 0 Å². The van der Waals surface area contributed by atoms with Crippen LogP contribution in [0.5, 0.6) is 0 Å². The maximum absolute atomic E-state index is 12.9. The molecule has 1 aromatic rings. The topological polar surface area (TPSA) is 61.4 Å². The molecular formula is C22H33N3O2. The molecule has 1 aliphatic carbocycles. The van der Waals surface area contributed by atoms with E-state index >= 15 is 0 Å². The van der Waals surface area contributed by atoms with Crippen molar-refractivity contribution >= 4 is 11.9 Å². The van der Waals surface area contributed by atoms with E-state index in [0.717, 1.165) is 37.8 Å². The molecule has 3 rings (SSSR count). The van der Waals surface area contributed by atoms with E-state index in [1.165, 1.54) is 24.8 Å². The third-order valence-corrected chi connectivity index (χ3v) is 6.17. The van der Waals surface area contributed by atoms with E-state index in [1.54, 1.807) is 0 Å². The minimum Gasteiger partial charge on any atom is -0.351 e. The molecule has 2 N–H and O–H groups in total. The summed E-state index contributed by atoms with van der Waals surface area (Å²) in [5.74, 6) is 0.0425. The van der Waals surface area contributed by atoms with Crippen LogP contribution in [0.3, 0.4) is 0 Å². The average molecular weight is 372 g/mol. The monoisotopic (exact) mass is 371 g/mol. The number of nitrogens with one attached hydrogen (secondary N) is 2. The molecule has 2 fully saturated rings. The lowest BCUT2D eigenvalue weighted by molar-refractivity contribution is -0.132. The zero-order chi connectivity index (χ0) is 19.3. The van der Waals surface area contributed by atoms with Gasteiger partial charge >= 0.3 is 6.03 Å². The van der Waals surface area contributed by atoms with Crippen LogP contribution in [-0.4, -0.2) is 36.0 Å². The van der Waals surface area contributed by atoms with E-state index < -0.39 is 5.41 Å². The summed E-state index contributed by atoms with van der Waals surface area (Å²) >= 11 is 0. The number of carbonyl (C=O) groups is 2. The lowest BCUT2D eigenvalue weighted by atomic mass is 9.81. The number of hydrogen-bond acceptors (Lipinski definition) is 2. The van der Waals surface area contributed by atoms with Gasteiger partial charge in [-0.3, -0.25) is 4.79 Å². The van der Waals surface area contributed by atoms with Crippen LogP contribution in [0, 0.1) is 12.3 Å². The van der Waals surface area contributed by atoms with Crippen molar-refractivity contribution in [1.82, 2.24) is 15.5 Å². The highest BCUT2D eigenvalue weighted by Gasteiger charge is 2.39. The van der Waals surface area contributed by atoms with Crippen molar-refractivity contribution in [2.75, 3.05) is 13.1 Å². The first-order valence-corrected chi connectivity index (χ1v) is 10.4. The smallest absolute Gasteiger partial charge is 0.317 e. The quantitative estimate of drug-likeness (QED) is 0.847. The largest absolute Gasteiger partial charge is 0.351 e. The highest BCUT2D eigenvalue weighted by Crippen LogP contribution is 2.30. The van der Waals surface area contributed by atoms with Gasteiger partial charge in [-0.05, 0) is 50.7 Å². The van der Waals surface area contributed by atoms with Gasteiger partial charge < -0.3 is 15.5 Å². The average Bonchev–Trinajstić information content (AvgIpc) is 2.68. The van der Waals surface area contributed by atoms with Crippen molar-refractivity contribution in [1.29, 1.82) is 0 Å². The Bertz CT molecular complexity index is 669. The summed E-state index contributed by atoms with van der Waals surface area (Å²) < 4.78 is 0. The van der Waals surface area contributed by atoms with Gasteiger partial charge in [0.15, 0.2) is 0 Å². The van der Waals surface area contributed by atoms with E-state index in [-0.39, 0.29) is 11.9 Å². The van der Waals surface area contributed by atoms with Crippen molar-refractivity contribution in [3.8, 4) is 0 Å².